The molecule has 166 valence electrons. The number of rotatable bonds is 7. The lowest BCUT2D eigenvalue weighted by atomic mass is 10.1. The first-order valence-corrected chi connectivity index (χ1v) is 9.88. The zero-order valence-corrected chi connectivity index (χ0v) is 17.8. The number of hydrogen-bond donors (Lipinski definition) is 1. The molecule has 1 aromatic heterocycles. The van der Waals surface area contributed by atoms with Crippen molar-refractivity contribution in [3.8, 4) is 17.4 Å². The monoisotopic (exact) mass is 445 g/mol. The van der Waals surface area contributed by atoms with E-state index >= 15 is 0 Å². The van der Waals surface area contributed by atoms with E-state index in [1.165, 1.54) is 42.5 Å². The van der Waals surface area contributed by atoms with Crippen LogP contribution < -0.4 is 5.32 Å². The van der Waals surface area contributed by atoms with Gasteiger partial charge in [0.2, 0.25) is 0 Å². The van der Waals surface area contributed by atoms with Crippen LogP contribution in [-0.2, 0) is 9.53 Å². The number of nitrogens with zero attached hydrogens (tertiary/aromatic N) is 2. The fourth-order valence-electron chi connectivity index (χ4n) is 3.01. The molecule has 9 heteroatoms. The third-order valence-corrected chi connectivity index (χ3v) is 4.62. The molecule has 0 saturated heterocycles. The number of amides is 1. The number of non-ortho nitro benzene ring substituents is 1. The molecular weight excluding hydrogens is 426 g/mol. The zero-order valence-electron chi connectivity index (χ0n) is 17.8. The molecule has 0 aliphatic rings. The number of carbonyl (C=O) groups is 2. The van der Waals surface area contributed by atoms with E-state index in [2.05, 4.69) is 5.32 Å². The predicted molar refractivity (Wildman–Crippen MR) is 120 cm³/mol. The first-order valence-electron chi connectivity index (χ1n) is 9.88. The molecule has 9 nitrogen and oxygen atoms in total. The smallest absolute Gasteiger partial charge is 0.338 e. The van der Waals surface area contributed by atoms with Gasteiger partial charge in [0.05, 0.1) is 17.1 Å². The maximum Gasteiger partial charge on any atom is 0.338 e. The van der Waals surface area contributed by atoms with Crippen LogP contribution in [0.15, 0.2) is 64.6 Å². The molecule has 3 rings (SSSR count). The Hall–Kier alpha value is -4.71. The van der Waals surface area contributed by atoms with Gasteiger partial charge in [0.25, 0.3) is 11.6 Å². The molecule has 0 aliphatic carbocycles. The Morgan fingerprint density at radius 2 is 1.91 bits per heavy atom. The first kappa shape index (κ1) is 23.0. The summed E-state index contributed by atoms with van der Waals surface area (Å²) < 4.78 is 10.6. The van der Waals surface area contributed by atoms with E-state index in [9.17, 15) is 25.0 Å². The van der Waals surface area contributed by atoms with Crippen LogP contribution in [0.25, 0.3) is 17.4 Å². The molecule has 0 aliphatic heterocycles. The number of benzene rings is 2. The van der Waals surface area contributed by atoms with Gasteiger partial charge >= 0.3 is 5.97 Å². The minimum atomic E-state index is -0.647. The van der Waals surface area contributed by atoms with Crippen molar-refractivity contribution in [2.75, 3.05) is 11.9 Å². The normalized spacial score (nSPS) is 10.9. The molecule has 1 heterocycles. The van der Waals surface area contributed by atoms with Gasteiger partial charge in [0.15, 0.2) is 0 Å². The molecule has 1 amide bonds. The minimum absolute atomic E-state index is 0.0262. The number of esters is 1. The van der Waals surface area contributed by atoms with E-state index in [0.717, 1.165) is 0 Å². The molecule has 0 unspecified atom stereocenters. The highest BCUT2D eigenvalue weighted by molar-refractivity contribution is 6.09. The Balaban J connectivity index is 1.75. The molecule has 2 aromatic carbocycles. The Labute approximate surface area is 189 Å². The number of nitriles is 1. The SMILES string of the molecule is CCOC(=O)c1ccc(NC(=O)C(C#N)=Cc2ccc(-c3ccc([N+](=O)[O-])cc3C)o2)cc1. The number of nitro benzene ring substituents is 1. The van der Waals surface area contributed by atoms with E-state index in [1.54, 1.807) is 32.0 Å². The van der Waals surface area contributed by atoms with Crippen molar-refractivity contribution in [2.24, 2.45) is 0 Å². The largest absolute Gasteiger partial charge is 0.462 e. The van der Waals surface area contributed by atoms with E-state index in [0.29, 0.717) is 28.1 Å². The summed E-state index contributed by atoms with van der Waals surface area (Å²) in [5.74, 6) is -0.399. The van der Waals surface area contributed by atoms with Gasteiger partial charge in [0, 0.05) is 29.5 Å². The summed E-state index contributed by atoms with van der Waals surface area (Å²) in [5, 5.41) is 22.9. The molecule has 0 saturated carbocycles. The fraction of sp³-hybridized carbons (Fsp3) is 0.125. The standard InChI is InChI=1S/C24H19N3O6/c1-3-32-24(29)16-4-6-18(7-5-16)26-23(28)17(14-25)13-20-9-11-22(33-20)21-10-8-19(27(30)31)12-15(21)2/h4-13H,3H2,1-2H3,(H,26,28). The summed E-state index contributed by atoms with van der Waals surface area (Å²) in [6, 6.07) is 15.6. The molecule has 0 spiro atoms. The summed E-state index contributed by atoms with van der Waals surface area (Å²) in [7, 11) is 0. The molecule has 0 fully saturated rings. The van der Waals surface area contributed by atoms with Crippen LogP contribution in [-0.4, -0.2) is 23.4 Å². The molecule has 0 atom stereocenters. The van der Waals surface area contributed by atoms with Gasteiger partial charge in [-0.15, -0.1) is 0 Å². The van der Waals surface area contributed by atoms with Crippen molar-refractivity contribution in [1.29, 1.82) is 5.26 Å². The number of anilines is 1. The number of aryl methyl sites for hydroxylation is 1. The second-order valence-corrected chi connectivity index (χ2v) is 6.88. The van der Waals surface area contributed by atoms with Crippen LogP contribution >= 0.6 is 0 Å². The lowest BCUT2D eigenvalue weighted by Gasteiger charge is -2.06. The number of ether oxygens (including phenoxy) is 1. The zero-order chi connectivity index (χ0) is 24.0. The van der Waals surface area contributed by atoms with E-state index in [4.69, 9.17) is 9.15 Å². The maximum absolute atomic E-state index is 12.5. The van der Waals surface area contributed by atoms with Crippen molar-refractivity contribution in [3.63, 3.8) is 0 Å². The van der Waals surface area contributed by atoms with E-state index in [-0.39, 0.29) is 23.6 Å². The average Bonchev–Trinajstić information content (AvgIpc) is 3.26. The Kier molecular flexibility index (Phi) is 7.00. The summed E-state index contributed by atoms with van der Waals surface area (Å²) in [6.07, 6.45) is 1.30. The number of nitro groups is 1. The fourth-order valence-corrected chi connectivity index (χ4v) is 3.01. The van der Waals surface area contributed by atoms with Gasteiger partial charge in [0.1, 0.15) is 23.2 Å². The van der Waals surface area contributed by atoms with Crippen molar-refractivity contribution < 1.29 is 23.7 Å². The van der Waals surface area contributed by atoms with E-state index < -0.39 is 16.8 Å². The highest BCUT2D eigenvalue weighted by Crippen LogP contribution is 2.29. The van der Waals surface area contributed by atoms with Crippen LogP contribution in [0.3, 0.4) is 0 Å². The van der Waals surface area contributed by atoms with E-state index in [1.807, 2.05) is 6.07 Å². The van der Waals surface area contributed by atoms with Crippen LogP contribution in [0.4, 0.5) is 11.4 Å². The highest BCUT2D eigenvalue weighted by atomic mass is 16.6. The van der Waals surface area contributed by atoms with Gasteiger partial charge < -0.3 is 14.5 Å². The van der Waals surface area contributed by atoms with Gasteiger partial charge in [-0.3, -0.25) is 14.9 Å². The minimum Gasteiger partial charge on any atom is -0.462 e. The summed E-state index contributed by atoms with van der Waals surface area (Å²) in [6.45, 7) is 3.69. The van der Waals surface area contributed by atoms with Crippen LogP contribution in [0.2, 0.25) is 0 Å². The van der Waals surface area contributed by atoms with Gasteiger partial charge in [-0.1, -0.05) is 0 Å². The van der Waals surface area contributed by atoms with Crippen LogP contribution in [0, 0.1) is 28.4 Å². The number of furan rings is 1. The molecule has 3 aromatic rings. The third kappa shape index (κ3) is 5.51. The van der Waals surface area contributed by atoms with Crippen LogP contribution in [0.5, 0.6) is 0 Å². The lowest BCUT2D eigenvalue weighted by Crippen LogP contribution is -2.13. The molecule has 0 radical (unpaired) electrons. The second-order valence-electron chi connectivity index (χ2n) is 6.88. The van der Waals surface area contributed by atoms with Crippen molar-refractivity contribution >= 4 is 29.3 Å². The van der Waals surface area contributed by atoms with Gasteiger partial charge in [-0.05, 0) is 61.9 Å². The Morgan fingerprint density at radius 1 is 1.18 bits per heavy atom. The topological polar surface area (TPSA) is 135 Å². The number of hydrogen-bond acceptors (Lipinski definition) is 7. The average molecular weight is 445 g/mol. The highest BCUT2D eigenvalue weighted by Gasteiger charge is 2.14. The summed E-state index contributed by atoms with van der Waals surface area (Å²) in [4.78, 5) is 34.6. The van der Waals surface area contributed by atoms with Crippen molar-refractivity contribution in [2.45, 2.75) is 13.8 Å². The number of nitrogens with one attached hydrogen (secondary N) is 1. The second kappa shape index (κ2) is 10.1. The van der Waals surface area contributed by atoms with Crippen LogP contribution in [0.1, 0.15) is 28.6 Å². The molecular formula is C24H19N3O6. The summed E-state index contributed by atoms with van der Waals surface area (Å²) in [5.41, 5.74) is 1.84. The first-order chi connectivity index (χ1) is 15.8. The molecule has 1 N–H and O–H groups in total. The van der Waals surface area contributed by atoms with Crippen molar-refractivity contribution in [1.82, 2.24) is 0 Å². The quantitative estimate of drug-likeness (QED) is 0.180. The Bertz CT molecular complexity index is 1280. The van der Waals surface area contributed by atoms with Gasteiger partial charge in [-0.25, -0.2) is 4.79 Å². The lowest BCUT2D eigenvalue weighted by molar-refractivity contribution is -0.384. The molecule has 33 heavy (non-hydrogen) atoms. The maximum atomic E-state index is 12.5. The summed E-state index contributed by atoms with van der Waals surface area (Å²) >= 11 is 0. The molecule has 0 bridgehead atoms. The third-order valence-electron chi connectivity index (χ3n) is 4.62. The number of carbonyl (C=O) groups excluding carboxylic acids is 2. The predicted octanol–water partition coefficient (Wildman–Crippen LogP) is 4.89. The van der Waals surface area contributed by atoms with Gasteiger partial charge in [-0.2, -0.15) is 5.26 Å². The van der Waals surface area contributed by atoms with Crippen molar-refractivity contribution in [3.05, 3.63) is 87.2 Å². The Morgan fingerprint density at radius 3 is 2.52 bits per heavy atom.